The van der Waals surface area contributed by atoms with Gasteiger partial charge < -0.3 is 20.5 Å². The maximum atomic E-state index is 13.8. The number of ether oxygens (including phenoxy) is 1. The summed E-state index contributed by atoms with van der Waals surface area (Å²) >= 11 is 0. The molecule has 0 bridgehead atoms. The second-order valence-electron chi connectivity index (χ2n) is 7.48. The number of likely N-dealkylation sites (tertiary alicyclic amines) is 1. The molecule has 2 aromatic carbocycles. The Kier molecular flexibility index (Phi) is 10.2. The molecule has 1 aliphatic rings. The number of carbonyl (C=O) groups is 1. The summed E-state index contributed by atoms with van der Waals surface area (Å²) in [6, 6.07) is 13.7. The predicted octanol–water partition coefficient (Wildman–Crippen LogP) is 2.67. The number of carbonyl (C=O) groups excluding carboxylic acids is 1. The third-order valence-corrected chi connectivity index (χ3v) is 5.61. The van der Waals surface area contributed by atoms with Crippen LogP contribution in [0.4, 0.5) is 4.39 Å². The highest BCUT2D eigenvalue weighted by Gasteiger charge is 2.46. The molecule has 1 amide bonds. The molecule has 6 nitrogen and oxygen atoms in total. The summed E-state index contributed by atoms with van der Waals surface area (Å²) in [7, 11) is 3.86. The number of likely N-dealkylation sites (N-methyl/N-ethyl adjacent to an activating group) is 1. The first-order valence-electron chi connectivity index (χ1n) is 9.73. The van der Waals surface area contributed by atoms with Gasteiger partial charge in [-0.3, -0.25) is 9.69 Å². The molecule has 3 N–H and O–H groups in total. The number of amides is 1. The number of aliphatic hydroxyl groups excluding tert-OH is 1. The fourth-order valence-corrected chi connectivity index (χ4v) is 4.09. The van der Waals surface area contributed by atoms with E-state index in [1.54, 1.807) is 4.90 Å². The Hall–Kier alpha value is -1.90. The van der Waals surface area contributed by atoms with Crippen LogP contribution in [0.1, 0.15) is 22.3 Å². The average Bonchev–Trinajstić information content (AvgIpc) is 2.72. The zero-order valence-corrected chi connectivity index (χ0v) is 19.3. The van der Waals surface area contributed by atoms with Gasteiger partial charge in [-0.1, -0.05) is 30.3 Å². The van der Waals surface area contributed by atoms with Crippen molar-refractivity contribution in [3.63, 3.8) is 0 Å². The van der Waals surface area contributed by atoms with Crippen LogP contribution in [0.25, 0.3) is 0 Å². The van der Waals surface area contributed by atoms with Gasteiger partial charge in [0.05, 0.1) is 17.2 Å². The van der Waals surface area contributed by atoms with Gasteiger partial charge in [-0.25, -0.2) is 4.39 Å². The van der Waals surface area contributed by atoms with E-state index in [4.69, 9.17) is 10.5 Å². The van der Waals surface area contributed by atoms with Gasteiger partial charge in [0, 0.05) is 19.6 Å². The van der Waals surface area contributed by atoms with Gasteiger partial charge >= 0.3 is 0 Å². The molecule has 0 saturated carbocycles. The molecule has 2 aromatic rings. The highest BCUT2D eigenvalue weighted by Crippen LogP contribution is 2.38. The number of rotatable bonds is 6. The minimum Gasteiger partial charge on any atom is -0.491 e. The van der Waals surface area contributed by atoms with E-state index < -0.39 is 17.5 Å². The summed E-state index contributed by atoms with van der Waals surface area (Å²) in [5, 5.41) is 11.1. The number of hydrogen-bond acceptors (Lipinski definition) is 5. The first kappa shape index (κ1) is 27.1. The second-order valence-corrected chi connectivity index (χ2v) is 7.48. The van der Waals surface area contributed by atoms with Crippen molar-refractivity contribution in [2.45, 2.75) is 18.1 Å². The fraction of sp³-hybridized carbons (Fsp3) is 0.409. The van der Waals surface area contributed by atoms with Gasteiger partial charge in [0.25, 0.3) is 5.91 Å². The number of benzene rings is 2. The van der Waals surface area contributed by atoms with Gasteiger partial charge in [-0.15, -0.1) is 24.8 Å². The molecule has 0 aromatic heterocycles. The molecule has 172 valence electrons. The summed E-state index contributed by atoms with van der Waals surface area (Å²) < 4.78 is 19.3. The fourth-order valence-electron chi connectivity index (χ4n) is 4.09. The van der Waals surface area contributed by atoms with Crippen LogP contribution in [0.3, 0.4) is 0 Å². The summed E-state index contributed by atoms with van der Waals surface area (Å²) in [5.74, 6) is -0.585. The zero-order chi connectivity index (χ0) is 21.0. The largest absolute Gasteiger partial charge is 0.491 e. The van der Waals surface area contributed by atoms with Crippen LogP contribution in [0.2, 0.25) is 0 Å². The second kappa shape index (κ2) is 11.6. The van der Waals surface area contributed by atoms with Crippen molar-refractivity contribution in [3.8, 4) is 5.75 Å². The molecule has 3 rings (SSSR count). The molecular weight excluding hydrogens is 444 g/mol. The average molecular weight is 474 g/mol. The van der Waals surface area contributed by atoms with Gasteiger partial charge in [-0.05, 0) is 44.3 Å². The van der Waals surface area contributed by atoms with Crippen LogP contribution in [0.15, 0.2) is 48.5 Å². The quantitative estimate of drug-likeness (QED) is 0.673. The van der Waals surface area contributed by atoms with Crippen LogP contribution in [-0.2, 0) is 5.54 Å². The summed E-state index contributed by atoms with van der Waals surface area (Å²) in [4.78, 5) is 16.7. The van der Waals surface area contributed by atoms with Crippen molar-refractivity contribution in [2.75, 3.05) is 40.3 Å². The maximum absolute atomic E-state index is 13.8. The predicted molar refractivity (Wildman–Crippen MR) is 124 cm³/mol. The van der Waals surface area contributed by atoms with Crippen LogP contribution in [0, 0.1) is 5.82 Å². The van der Waals surface area contributed by atoms with E-state index in [1.807, 2.05) is 49.3 Å². The Morgan fingerprint density at radius 2 is 1.94 bits per heavy atom. The Morgan fingerprint density at radius 1 is 1.26 bits per heavy atom. The lowest BCUT2D eigenvalue weighted by Crippen LogP contribution is -2.60. The summed E-state index contributed by atoms with van der Waals surface area (Å²) in [5.41, 5.74) is 6.02. The molecule has 9 heteroatoms. The molecule has 0 aliphatic carbocycles. The molecule has 2 atom stereocenters. The lowest BCUT2D eigenvalue weighted by Gasteiger charge is -2.49. The van der Waals surface area contributed by atoms with Crippen LogP contribution in [-0.4, -0.2) is 67.3 Å². The molecule has 0 unspecified atom stereocenters. The minimum atomic E-state index is -0.806. The molecule has 31 heavy (non-hydrogen) atoms. The Labute approximate surface area is 195 Å². The van der Waals surface area contributed by atoms with Crippen molar-refractivity contribution in [1.29, 1.82) is 0 Å². The third-order valence-electron chi connectivity index (χ3n) is 5.61. The molecule has 1 saturated heterocycles. The van der Waals surface area contributed by atoms with E-state index in [9.17, 15) is 14.3 Å². The number of hydrogen-bond donors (Lipinski definition) is 2. The van der Waals surface area contributed by atoms with Crippen molar-refractivity contribution < 1.29 is 19.0 Å². The number of aliphatic hydroxyl groups is 1. The molecule has 1 fully saturated rings. The van der Waals surface area contributed by atoms with E-state index in [2.05, 4.69) is 0 Å². The Balaban J connectivity index is 0.00000240. The summed E-state index contributed by atoms with van der Waals surface area (Å²) in [6.07, 6.45) is -0.259. The van der Waals surface area contributed by atoms with Gasteiger partial charge in [0.15, 0.2) is 0 Å². The van der Waals surface area contributed by atoms with Crippen LogP contribution in [0.5, 0.6) is 5.75 Å². The topological polar surface area (TPSA) is 79.0 Å². The van der Waals surface area contributed by atoms with E-state index in [0.717, 1.165) is 5.56 Å². The lowest BCUT2D eigenvalue weighted by atomic mass is 9.77. The van der Waals surface area contributed by atoms with Gasteiger partial charge in [0.2, 0.25) is 0 Å². The minimum absolute atomic E-state index is 0. The highest BCUT2D eigenvalue weighted by molar-refractivity contribution is 5.97. The van der Waals surface area contributed by atoms with E-state index in [0.29, 0.717) is 18.7 Å². The standard InChI is InChI=1S/C22H28FN3O3.2ClH/c1-25(2)22(16-6-4-3-5-7-16)10-12-26(15-20(22)27)21(28)18-14-17(23)8-9-19(18)29-13-11-24;;/h3-9,14,20,27H,10-13,15,24H2,1-2H3;2*1H/t20-,22+;;/m1../s1. The Morgan fingerprint density at radius 3 is 2.52 bits per heavy atom. The van der Waals surface area contributed by atoms with Crippen molar-refractivity contribution in [2.24, 2.45) is 5.73 Å². The lowest BCUT2D eigenvalue weighted by molar-refractivity contribution is -0.0612. The highest BCUT2D eigenvalue weighted by atomic mass is 35.5. The molecule has 1 heterocycles. The number of β-amino-alcohol motifs (C(OH)–C–C–N with tert-alkyl or cyclic N) is 1. The van der Waals surface area contributed by atoms with Crippen LogP contribution < -0.4 is 10.5 Å². The number of halogens is 3. The monoisotopic (exact) mass is 473 g/mol. The van der Waals surface area contributed by atoms with Gasteiger partial charge in [-0.2, -0.15) is 0 Å². The number of piperidine rings is 1. The first-order valence-corrected chi connectivity index (χ1v) is 9.73. The SMILES string of the molecule is CN(C)[C@]1(c2ccccc2)CCN(C(=O)c2cc(F)ccc2OCCN)C[C@H]1O.Cl.Cl. The Bertz CT molecular complexity index is 857. The molecule has 0 radical (unpaired) electrons. The van der Waals surface area contributed by atoms with Crippen molar-refractivity contribution >= 4 is 30.7 Å². The van der Waals surface area contributed by atoms with Crippen molar-refractivity contribution in [3.05, 3.63) is 65.5 Å². The van der Waals surface area contributed by atoms with E-state index in [-0.39, 0.29) is 56.0 Å². The van der Waals surface area contributed by atoms with Gasteiger partial charge in [0.1, 0.15) is 18.2 Å². The molecule has 1 aliphatic heterocycles. The summed E-state index contributed by atoms with van der Waals surface area (Å²) in [6.45, 7) is 1.08. The molecule has 0 spiro atoms. The maximum Gasteiger partial charge on any atom is 0.257 e. The number of nitrogens with zero attached hydrogens (tertiary/aromatic N) is 2. The van der Waals surface area contributed by atoms with E-state index in [1.165, 1.54) is 18.2 Å². The van der Waals surface area contributed by atoms with Crippen molar-refractivity contribution in [1.82, 2.24) is 9.80 Å². The third kappa shape index (κ3) is 5.48. The zero-order valence-electron chi connectivity index (χ0n) is 17.7. The van der Waals surface area contributed by atoms with Crippen LogP contribution >= 0.6 is 24.8 Å². The first-order chi connectivity index (χ1) is 13.9. The normalized spacial score (nSPS) is 20.6. The van der Waals surface area contributed by atoms with E-state index >= 15 is 0 Å². The number of nitrogens with two attached hydrogens (primary N) is 1. The molecular formula is C22H30Cl2FN3O3. The smallest absolute Gasteiger partial charge is 0.257 e.